The van der Waals surface area contributed by atoms with Gasteiger partial charge in [0.15, 0.2) is 0 Å². The SMILES string of the molecule is O=C(c1ccc(OS(=O)(=O)c2cccc([N+](=O)[O-])c2)cc1)N1CCN(c2ccc(F)cc2)CC1. The summed E-state index contributed by atoms with van der Waals surface area (Å²) in [6.07, 6.45) is 0. The Hall–Kier alpha value is -3.99. The maximum atomic E-state index is 13.1. The molecule has 0 radical (unpaired) electrons. The summed E-state index contributed by atoms with van der Waals surface area (Å²) < 4.78 is 43.1. The average Bonchev–Trinajstić information content (AvgIpc) is 2.84. The van der Waals surface area contributed by atoms with Gasteiger partial charge in [-0.15, -0.1) is 0 Å². The first kappa shape index (κ1) is 23.2. The van der Waals surface area contributed by atoms with Crippen molar-refractivity contribution >= 4 is 27.4 Å². The maximum absolute atomic E-state index is 13.1. The predicted octanol–water partition coefficient (Wildman–Crippen LogP) is 3.46. The summed E-state index contributed by atoms with van der Waals surface area (Å²) in [6, 6.07) is 16.4. The third kappa shape index (κ3) is 5.15. The summed E-state index contributed by atoms with van der Waals surface area (Å²) in [5.41, 5.74) is 0.889. The maximum Gasteiger partial charge on any atom is 0.339 e. The molecule has 1 aliphatic rings. The van der Waals surface area contributed by atoms with Crippen LogP contribution in [0.1, 0.15) is 10.4 Å². The fourth-order valence-corrected chi connectivity index (χ4v) is 4.55. The first-order valence-corrected chi connectivity index (χ1v) is 11.7. The van der Waals surface area contributed by atoms with E-state index < -0.39 is 15.0 Å². The van der Waals surface area contributed by atoms with Gasteiger partial charge in [0.1, 0.15) is 16.5 Å². The third-order valence-electron chi connectivity index (χ3n) is 5.38. The molecule has 0 bridgehead atoms. The van der Waals surface area contributed by atoms with Gasteiger partial charge in [-0.05, 0) is 54.6 Å². The molecule has 1 saturated heterocycles. The molecule has 1 fully saturated rings. The van der Waals surface area contributed by atoms with Gasteiger partial charge in [-0.25, -0.2) is 4.39 Å². The standard InChI is InChI=1S/C23H20FN3O6S/c24-18-6-8-19(9-7-18)25-12-14-26(15-13-25)23(28)17-4-10-21(11-5-17)33-34(31,32)22-3-1-2-20(16-22)27(29)30/h1-11,16H,12-15H2. The largest absolute Gasteiger partial charge is 0.379 e. The lowest BCUT2D eigenvalue weighted by Crippen LogP contribution is -2.48. The molecule has 1 aliphatic heterocycles. The number of nitro groups is 1. The molecular weight excluding hydrogens is 465 g/mol. The molecule has 176 valence electrons. The molecule has 0 unspecified atom stereocenters. The highest BCUT2D eigenvalue weighted by Gasteiger charge is 2.23. The van der Waals surface area contributed by atoms with Gasteiger partial charge in [-0.2, -0.15) is 8.42 Å². The van der Waals surface area contributed by atoms with Crippen LogP contribution in [0.25, 0.3) is 0 Å². The molecule has 1 amide bonds. The Morgan fingerprint density at radius 3 is 2.21 bits per heavy atom. The first-order valence-electron chi connectivity index (χ1n) is 10.3. The van der Waals surface area contributed by atoms with E-state index in [9.17, 15) is 27.7 Å². The Balaban J connectivity index is 1.39. The van der Waals surface area contributed by atoms with Crippen LogP contribution in [0.4, 0.5) is 15.8 Å². The van der Waals surface area contributed by atoms with Gasteiger partial charge in [0.05, 0.1) is 4.92 Å². The lowest BCUT2D eigenvalue weighted by molar-refractivity contribution is -0.385. The topological polar surface area (TPSA) is 110 Å². The second-order valence-electron chi connectivity index (χ2n) is 7.57. The number of hydrogen-bond acceptors (Lipinski definition) is 7. The lowest BCUT2D eigenvalue weighted by Gasteiger charge is -2.36. The van der Waals surface area contributed by atoms with Crippen molar-refractivity contribution < 1.29 is 26.7 Å². The van der Waals surface area contributed by atoms with Crippen LogP contribution in [0.15, 0.2) is 77.7 Å². The Morgan fingerprint density at radius 1 is 0.941 bits per heavy atom. The van der Waals surface area contributed by atoms with E-state index in [-0.39, 0.29) is 28.1 Å². The van der Waals surface area contributed by atoms with Crippen LogP contribution in [0.5, 0.6) is 5.75 Å². The molecule has 0 aromatic heterocycles. The molecule has 0 atom stereocenters. The summed E-state index contributed by atoms with van der Waals surface area (Å²) in [7, 11) is -4.29. The highest BCUT2D eigenvalue weighted by molar-refractivity contribution is 7.87. The van der Waals surface area contributed by atoms with Crippen molar-refractivity contribution in [1.29, 1.82) is 0 Å². The van der Waals surface area contributed by atoms with Crippen molar-refractivity contribution in [2.45, 2.75) is 4.90 Å². The first-order chi connectivity index (χ1) is 16.2. The Morgan fingerprint density at radius 2 is 1.59 bits per heavy atom. The number of anilines is 1. The molecule has 3 aromatic rings. The number of carbonyl (C=O) groups excluding carboxylic acids is 1. The predicted molar refractivity (Wildman–Crippen MR) is 122 cm³/mol. The van der Waals surface area contributed by atoms with Gasteiger partial charge in [-0.3, -0.25) is 14.9 Å². The van der Waals surface area contributed by atoms with Gasteiger partial charge >= 0.3 is 10.1 Å². The van der Waals surface area contributed by atoms with Crippen molar-refractivity contribution in [2.75, 3.05) is 31.1 Å². The average molecular weight is 485 g/mol. The van der Waals surface area contributed by atoms with Crippen molar-refractivity contribution in [3.63, 3.8) is 0 Å². The van der Waals surface area contributed by atoms with Gasteiger partial charge in [-0.1, -0.05) is 6.07 Å². The molecule has 4 rings (SSSR count). The fourth-order valence-electron chi connectivity index (χ4n) is 3.58. The van der Waals surface area contributed by atoms with E-state index >= 15 is 0 Å². The van der Waals surface area contributed by atoms with E-state index in [1.54, 1.807) is 17.0 Å². The van der Waals surface area contributed by atoms with Crippen LogP contribution < -0.4 is 9.08 Å². The number of carbonyl (C=O) groups is 1. The lowest BCUT2D eigenvalue weighted by atomic mass is 10.1. The highest BCUT2D eigenvalue weighted by atomic mass is 32.2. The van der Waals surface area contributed by atoms with Crippen molar-refractivity contribution in [3.05, 3.63) is 94.3 Å². The number of non-ortho nitro benzene ring substituents is 1. The van der Waals surface area contributed by atoms with E-state index in [1.165, 1.54) is 54.6 Å². The van der Waals surface area contributed by atoms with E-state index in [2.05, 4.69) is 4.90 Å². The zero-order valence-corrected chi connectivity index (χ0v) is 18.7. The molecule has 0 spiro atoms. The summed E-state index contributed by atoms with van der Waals surface area (Å²) in [6.45, 7) is 2.16. The van der Waals surface area contributed by atoms with Crippen molar-refractivity contribution in [2.24, 2.45) is 0 Å². The van der Waals surface area contributed by atoms with Gasteiger partial charge < -0.3 is 14.0 Å². The minimum Gasteiger partial charge on any atom is -0.379 e. The Kier molecular flexibility index (Phi) is 6.46. The number of halogens is 1. The monoisotopic (exact) mass is 485 g/mol. The minimum absolute atomic E-state index is 0.0239. The van der Waals surface area contributed by atoms with Crippen LogP contribution >= 0.6 is 0 Å². The Bertz CT molecular complexity index is 1310. The van der Waals surface area contributed by atoms with Crippen molar-refractivity contribution in [1.82, 2.24) is 4.90 Å². The summed E-state index contributed by atoms with van der Waals surface area (Å²) in [5, 5.41) is 10.9. The molecular formula is C23H20FN3O6S. The van der Waals surface area contributed by atoms with E-state index in [4.69, 9.17) is 4.18 Å². The number of nitro benzene ring substituents is 1. The third-order valence-corrected chi connectivity index (χ3v) is 6.63. The number of piperazine rings is 1. The molecule has 34 heavy (non-hydrogen) atoms. The second kappa shape index (κ2) is 9.48. The second-order valence-corrected chi connectivity index (χ2v) is 9.12. The fraction of sp³-hybridized carbons (Fsp3) is 0.174. The molecule has 11 heteroatoms. The minimum atomic E-state index is -4.29. The normalized spacial score (nSPS) is 14.0. The molecule has 0 saturated carbocycles. The van der Waals surface area contributed by atoms with E-state index in [0.29, 0.717) is 31.7 Å². The summed E-state index contributed by atoms with van der Waals surface area (Å²) in [5.74, 6) is -0.529. The van der Waals surface area contributed by atoms with Gasteiger partial charge in [0, 0.05) is 49.6 Å². The van der Waals surface area contributed by atoms with E-state index in [0.717, 1.165) is 11.8 Å². The molecule has 1 heterocycles. The number of amides is 1. The molecule has 0 aliphatic carbocycles. The smallest absolute Gasteiger partial charge is 0.339 e. The van der Waals surface area contributed by atoms with Crippen LogP contribution in [-0.4, -0.2) is 50.3 Å². The molecule has 0 N–H and O–H groups in total. The van der Waals surface area contributed by atoms with Crippen LogP contribution in [0.2, 0.25) is 0 Å². The zero-order valence-electron chi connectivity index (χ0n) is 17.8. The summed E-state index contributed by atoms with van der Waals surface area (Å²) >= 11 is 0. The van der Waals surface area contributed by atoms with Crippen molar-refractivity contribution in [3.8, 4) is 5.75 Å². The van der Waals surface area contributed by atoms with E-state index in [1.807, 2.05) is 0 Å². The van der Waals surface area contributed by atoms with Gasteiger partial charge in [0.2, 0.25) is 0 Å². The quantitative estimate of drug-likeness (QED) is 0.299. The number of benzene rings is 3. The molecule has 9 nitrogen and oxygen atoms in total. The van der Waals surface area contributed by atoms with Crippen LogP contribution in [0.3, 0.4) is 0 Å². The zero-order chi connectivity index (χ0) is 24.3. The number of hydrogen-bond donors (Lipinski definition) is 0. The van der Waals surface area contributed by atoms with Gasteiger partial charge in [0.25, 0.3) is 11.6 Å². The number of nitrogens with zero attached hydrogens (tertiary/aromatic N) is 3. The van der Waals surface area contributed by atoms with Crippen LogP contribution in [0, 0.1) is 15.9 Å². The molecule has 3 aromatic carbocycles. The Labute approximate surface area is 195 Å². The highest BCUT2D eigenvalue weighted by Crippen LogP contribution is 2.23. The van der Waals surface area contributed by atoms with Crippen LogP contribution in [-0.2, 0) is 10.1 Å². The summed E-state index contributed by atoms with van der Waals surface area (Å²) in [4.78, 5) is 26.4. The number of rotatable bonds is 6.